The molecule has 1 unspecified atom stereocenters. The van der Waals surface area contributed by atoms with E-state index in [0.29, 0.717) is 0 Å². The lowest BCUT2D eigenvalue weighted by Gasteiger charge is -2.47. The Hall–Kier alpha value is -0.120. The molecule has 0 aromatic rings. The maximum Gasteiger partial charge on any atom is 0.0330 e. The van der Waals surface area contributed by atoms with Crippen molar-refractivity contribution in [2.24, 2.45) is 5.73 Å². The van der Waals surface area contributed by atoms with Gasteiger partial charge in [-0.05, 0) is 19.9 Å². The van der Waals surface area contributed by atoms with Gasteiger partial charge in [0, 0.05) is 38.3 Å². The Labute approximate surface area is 101 Å². The summed E-state index contributed by atoms with van der Waals surface area (Å²) in [5.41, 5.74) is 6.34. The second-order valence-electron chi connectivity index (χ2n) is 5.18. The summed E-state index contributed by atoms with van der Waals surface area (Å²) in [5, 5.41) is 0. The Morgan fingerprint density at radius 3 is 2.19 bits per heavy atom. The van der Waals surface area contributed by atoms with Crippen LogP contribution in [0.5, 0.6) is 0 Å². The summed E-state index contributed by atoms with van der Waals surface area (Å²) in [6.07, 6.45) is 5.03. The molecule has 0 radical (unpaired) electrons. The molecule has 1 aliphatic rings. The molecule has 3 heteroatoms. The third-order valence-electron chi connectivity index (χ3n) is 4.21. The number of likely N-dealkylation sites (N-methyl/N-ethyl adjacent to an activating group) is 1. The summed E-state index contributed by atoms with van der Waals surface area (Å²) in [5.74, 6) is 0. The Morgan fingerprint density at radius 2 is 1.75 bits per heavy atom. The van der Waals surface area contributed by atoms with E-state index in [0.717, 1.165) is 6.54 Å². The Kier molecular flexibility index (Phi) is 5.73. The van der Waals surface area contributed by atoms with Crippen LogP contribution in [0, 0.1) is 0 Å². The zero-order valence-corrected chi connectivity index (χ0v) is 11.3. The van der Waals surface area contributed by atoms with Gasteiger partial charge in [-0.25, -0.2) is 0 Å². The highest BCUT2D eigenvalue weighted by molar-refractivity contribution is 4.92. The topological polar surface area (TPSA) is 32.5 Å². The van der Waals surface area contributed by atoms with E-state index in [4.69, 9.17) is 5.73 Å². The van der Waals surface area contributed by atoms with Crippen LogP contribution in [0.1, 0.15) is 39.5 Å². The molecule has 1 fully saturated rings. The molecule has 1 rings (SSSR count). The van der Waals surface area contributed by atoms with Gasteiger partial charge in [0.25, 0.3) is 0 Å². The number of nitrogens with zero attached hydrogens (tertiary/aromatic N) is 2. The van der Waals surface area contributed by atoms with Gasteiger partial charge in [-0.15, -0.1) is 0 Å². The monoisotopic (exact) mass is 227 g/mol. The number of piperazine rings is 1. The second-order valence-corrected chi connectivity index (χ2v) is 5.18. The van der Waals surface area contributed by atoms with Gasteiger partial charge < -0.3 is 10.6 Å². The average Bonchev–Trinajstić information content (AvgIpc) is 2.33. The van der Waals surface area contributed by atoms with Crippen LogP contribution in [0.4, 0.5) is 0 Å². The van der Waals surface area contributed by atoms with Gasteiger partial charge in [0.2, 0.25) is 0 Å². The highest BCUT2D eigenvalue weighted by Crippen LogP contribution is 2.26. The van der Waals surface area contributed by atoms with E-state index in [1.807, 2.05) is 0 Å². The van der Waals surface area contributed by atoms with Crippen LogP contribution in [0.2, 0.25) is 0 Å². The summed E-state index contributed by atoms with van der Waals surface area (Å²) >= 11 is 0. The van der Waals surface area contributed by atoms with Gasteiger partial charge in [-0.3, -0.25) is 4.90 Å². The van der Waals surface area contributed by atoms with Crippen molar-refractivity contribution >= 4 is 0 Å². The molecule has 1 aliphatic heterocycles. The van der Waals surface area contributed by atoms with Gasteiger partial charge in [-0.2, -0.15) is 0 Å². The largest absolute Gasteiger partial charge is 0.329 e. The summed E-state index contributed by atoms with van der Waals surface area (Å²) in [6, 6.07) is 0. The van der Waals surface area contributed by atoms with Crippen LogP contribution >= 0.6 is 0 Å². The van der Waals surface area contributed by atoms with Crippen LogP contribution in [-0.4, -0.2) is 55.1 Å². The van der Waals surface area contributed by atoms with Gasteiger partial charge in [0.15, 0.2) is 0 Å². The van der Waals surface area contributed by atoms with E-state index in [1.165, 1.54) is 51.9 Å². The normalized spacial score (nSPS) is 23.2. The lowest BCUT2D eigenvalue weighted by atomic mass is 9.87. The molecule has 0 aliphatic carbocycles. The number of hydrogen-bond acceptors (Lipinski definition) is 3. The lowest BCUT2D eigenvalue weighted by Crippen LogP contribution is -2.59. The highest BCUT2D eigenvalue weighted by Gasteiger charge is 2.34. The molecule has 0 aromatic heterocycles. The minimum absolute atomic E-state index is 0.275. The van der Waals surface area contributed by atoms with E-state index < -0.39 is 0 Å². The first-order chi connectivity index (χ1) is 7.68. The maximum atomic E-state index is 6.07. The Balaban J connectivity index is 2.60. The summed E-state index contributed by atoms with van der Waals surface area (Å²) in [6.45, 7) is 10.1. The third-order valence-corrected chi connectivity index (χ3v) is 4.21. The van der Waals surface area contributed by atoms with E-state index >= 15 is 0 Å². The van der Waals surface area contributed by atoms with Crippen molar-refractivity contribution in [2.75, 3.05) is 39.8 Å². The molecule has 1 saturated heterocycles. The first-order valence-electron chi connectivity index (χ1n) is 6.82. The molecule has 0 bridgehead atoms. The van der Waals surface area contributed by atoms with Crippen molar-refractivity contribution in [3.63, 3.8) is 0 Å². The van der Waals surface area contributed by atoms with E-state index in [9.17, 15) is 0 Å². The minimum Gasteiger partial charge on any atom is -0.329 e. The predicted octanol–water partition coefficient (Wildman–Crippen LogP) is 1.53. The zero-order valence-electron chi connectivity index (χ0n) is 11.3. The van der Waals surface area contributed by atoms with Crippen LogP contribution < -0.4 is 5.73 Å². The van der Waals surface area contributed by atoms with Crippen LogP contribution in [0.3, 0.4) is 0 Å². The lowest BCUT2D eigenvalue weighted by molar-refractivity contribution is 0.0341. The second kappa shape index (κ2) is 6.58. The molecule has 16 heavy (non-hydrogen) atoms. The van der Waals surface area contributed by atoms with Crippen LogP contribution in [0.25, 0.3) is 0 Å². The first-order valence-corrected chi connectivity index (χ1v) is 6.82. The average molecular weight is 227 g/mol. The Bertz CT molecular complexity index is 182. The summed E-state index contributed by atoms with van der Waals surface area (Å²) in [4.78, 5) is 5.05. The quantitative estimate of drug-likeness (QED) is 0.747. The SMILES string of the molecule is CCCCC(CC)(CN)N1CCN(C)CC1. The molecule has 2 N–H and O–H groups in total. The molecule has 0 aromatic carbocycles. The zero-order chi connectivity index (χ0) is 12.0. The molecule has 0 spiro atoms. The number of nitrogens with two attached hydrogens (primary N) is 1. The summed E-state index contributed by atoms with van der Waals surface area (Å²) < 4.78 is 0. The van der Waals surface area contributed by atoms with E-state index in [2.05, 4.69) is 30.7 Å². The fourth-order valence-electron chi connectivity index (χ4n) is 2.72. The van der Waals surface area contributed by atoms with Crippen LogP contribution in [0.15, 0.2) is 0 Å². The fourth-order valence-corrected chi connectivity index (χ4v) is 2.72. The van der Waals surface area contributed by atoms with Crippen molar-refractivity contribution in [1.82, 2.24) is 9.80 Å². The predicted molar refractivity (Wildman–Crippen MR) is 70.7 cm³/mol. The van der Waals surface area contributed by atoms with Crippen molar-refractivity contribution in [2.45, 2.75) is 45.1 Å². The number of unbranched alkanes of at least 4 members (excludes halogenated alkanes) is 1. The van der Waals surface area contributed by atoms with Crippen LogP contribution in [-0.2, 0) is 0 Å². The molecular formula is C13H29N3. The summed E-state index contributed by atoms with van der Waals surface area (Å²) in [7, 11) is 2.21. The smallest absolute Gasteiger partial charge is 0.0330 e. The highest BCUT2D eigenvalue weighted by atomic mass is 15.3. The van der Waals surface area contributed by atoms with Gasteiger partial charge in [-0.1, -0.05) is 26.7 Å². The molecule has 0 saturated carbocycles. The minimum atomic E-state index is 0.275. The van der Waals surface area contributed by atoms with Crippen molar-refractivity contribution in [3.05, 3.63) is 0 Å². The van der Waals surface area contributed by atoms with E-state index in [-0.39, 0.29) is 5.54 Å². The molecule has 96 valence electrons. The third kappa shape index (κ3) is 3.19. The molecule has 3 nitrogen and oxygen atoms in total. The Morgan fingerprint density at radius 1 is 1.12 bits per heavy atom. The molecule has 1 atom stereocenters. The van der Waals surface area contributed by atoms with Crippen molar-refractivity contribution in [3.8, 4) is 0 Å². The molecular weight excluding hydrogens is 198 g/mol. The number of hydrogen-bond donors (Lipinski definition) is 1. The maximum absolute atomic E-state index is 6.07. The number of rotatable bonds is 6. The van der Waals surface area contributed by atoms with Crippen molar-refractivity contribution in [1.29, 1.82) is 0 Å². The van der Waals surface area contributed by atoms with Crippen molar-refractivity contribution < 1.29 is 0 Å². The fraction of sp³-hybridized carbons (Fsp3) is 1.00. The molecule has 1 heterocycles. The van der Waals surface area contributed by atoms with Gasteiger partial charge in [0.1, 0.15) is 0 Å². The van der Waals surface area contributed by atoms with Gasteiger partial charge in [0.05, 0.1) is 0 Å². The standard InChI is InChI=1S/C13H29N3/c1-4-6-7-13(5-2,12-14)16-10-8-15(3)9-11-16/h4-12,14H2,1-3H3. The van der Waals surface area contributed by atoms with Gasteiger partial charge >= 0.3 is 0 Å². The first kappa shape index (κ1) is 13.9. The molecule has 0 amide bonds. The van der Waals surface area contributed by atoms with E-state index in [1.54, 1.807) is 0 Å².